The van der Waals surface area contributed by atoms with Gasteiger partial charge < -0.3 is 9.73 Å². The number of carbonyl (C=O) groups is 1. The predicted molar refractivity (Wildman–Crippen MR) is 62.2 cm³/mol. The van der Waals surface area contributed by atoms with E-state index >= 15 is 0 Å². The van der Waals surface area contributed by atoms with Crippen molar-refractivity contribution in [2.45, 2.75) is 45.1 Å². The lowest BCUT2D eigenvalue weighted by Crippen LogP contribution is -2.38. The van der Waals surface area contributed by atoms with Gasteiger partial charge in [-0.3, -0.25) is 4.79 Å². The molecule has 1 aliphatic carbocycles. The van der Waals surface area contributed by atoms with Gasteiger partial charge in [-0.2, -0.15) is 0 Å². The van der Waals surface area contributed by atoms with Crippen molar-refractivity contribution in [3.8, 4) is 0 Å². The van der Waals surface area contributed by atoms with Gasteiger partial charge in [0.2, 0.25) is 0 Å². The lowest BCUT2D eigenvalue weighted by atomic mass is 9.84. The second-order valence-corrected chi connectivity index (χ2v) is 4.64. The van der Waals surface area contributed by atoms with Gasteiger partial charge in [0.15, 0.2) is 5.76 Å². The Morgan fingerprint density at radius 1 is 1.44 bits per heavy atom. The van der Waals surface area contributed by atoms with Gasteiger partial charge >= 0.3 is 0 Å². The number of furan rings is 1. The molecule has 2 rings (SSSR count). The van der Waals surface area contributed by atoms with E-state index in [1.165, 1.54) is 38.4 Å². The minimum Gasteiger partial charge on any atom is -0.459 e. The van der Waals surface area contributed by atoms with Crippen LogP contribution in [0.4, 0.5) is 0 Å². The van der Waals surface area contributed by atoms with E-state index in [4.69, 9.17) is 4.42 Å². The van der Waals surface area contributed by atoms with Gasteiger partial charge in [0.25, 0.3) is 5.91 Å². The topological polar surface area (TPSA) is 42.2 Å². The first-order valence-corrected chi connectivity index (χ1v) is 6.12. The summed E-state index contributed by atoms with van der Waals surface area (Å²) in [6, 6.07) is 3.68. The molecule has 1 heterocycles. The fourth-order valence-corrected chi connectivity index (χ4v) is 2.44. The minimum absolute atomic E-state index is 0.0944. The number of hydrogen-bond donors (Lipinski definition) is 1. The first-order valence-electron chi connectivity index (χ1n) is 6.12. The molecule has 0 radical (unpaired) electrons. The number of amides is 1. The van der Waals surface area contributed by atoms with Gasteiger partial charge in [0, 0.05) is 6.04 Å². The molecule has 3 heteroatoms. The molecule has 3 nitrogen and oxygen atoms in total. The van der Waals surface area contributed by atoms with E-state index in [1.54, 1.807) is 12.1 Å². The van der Waals surface area contributed by atoms with Crippen LogP contribution in [0, 0.1) is 5.92 Å². The summed E-state index contributed by atoms with van der Waals surface area (Å²) in [6.45, 7) is 2.09. The van der Waals surface area contributed by atoms with Crippen molar-refractivity contribution >= 4 is 5.91 Å². The normalized spacial score (nSPS) is 19.3. The number of carbonyl (C=O) groups excluding carboxylic acids is 1. The van der Waals surface area contributed by atoms with E-state index in [-0.39, 0.29) is 11.9 Å². The number of hydrogen-bond acceptors (Lipinski definition) is 2. The summed E-state index contributed by atoms with van der Waals surface area (Å²) < 4.78 is 5.07. The summed E-state index contributed by atoms with van der Waals surface area (Å²) >= 11 is 0. The van der Waals surface area contributed by atoms with Crippen LogP contribution >= 0.6 is 0 Å². The van der Waals surface area contributed by atoms with E-state index in [0.29, 0.717) is 11.7 Å². The van der Waals surface area contributed by atoms with Crippen molar-refractivity contribution in [1.82, 2.24) is 5.32 Å². The van der Waals surface area contributed by atoms with E-state index < -0.39 is 0 Å². The summed E-state index contributed by atoms with van der Waals surface area (Å²) in [5.41, 5.74) is 0. The zero-order valence-corrected chi connectivity index (χ0v) is 9.74. The van der Waals surface area contributed by atoms with Crippen molar-refractivity contribution in [1.29, 1.82) is 0 Å². The average molecular weight is 221 g/mol. The maximum absolute atomic E-state index is 11.8. The summed E-state index contributed by atoms with van der Waals surface area (Å²) in [5.74, 6) is 0.943. The molecule has 1 N–H and O–H groups in total. The van der Waals surface area contributed by atoms with Gasteiger partial charge in [0.1, 0.15) is 0 Å². The molecular formula is C13H19NO2. The van der Waals surface area contributed by atoms with Crippen LogP contribution in [0.2, 0.25) is 0 Å². The molecule has 0 aliphatic heterocycles. The highest BCUT2D eigenvalue weighted by Gasteiger charge is 2.22. The Bertz CT molecular complexity index is 326. The van der Waals surface area contributed by atoms with Gasteiger partial charge in [-0.15, -0.1) is 0 Å². The van der Waals surface area contributed by atoms with Crippen LogP contribution in [0.5, 0.6) is 0 Å². The molecule has 0 spiro atoms. The van der Waals surface area contributed by atoms with E-state index in [2.05, 4.69) is 12.2 Å². The second-order valence-electron chi connectivity index (χ2n) is 4.64. The Morgan fingerprint density at radius 3 is 2.81 bits per heavy atom. The van der Waals surface area contributed by atoms with Crippen LogP contribution in [-0.2, 0) is 0 Å². The lowest BCUT2D eigenvalue weighted by molar-refractivity contribution is 0.0891. The molecule has 1 aliphatic rings. The van der Waals surface area contributed by atoms with Gasteiger partial charge in [-0.05, 0) is 37.8 Å². The van der Waals surface area contributed by atoms with Crippen molar-refractivity contribution in [2.24, 2.45) is 5.92 Å². The first-order chi connectivity index (χ1) is 7.77. The smallest absolute Gasteiger partial charge is 0.287 e. The molecule has 0 aromatic carbocycles. The van der Waals surface area contributed by atoms with Gasteiger partial charge in [-0.25, -0.2) is 0 Å². The number of rotatable bonds is 3. The summed E-state index contributed by atoms with van der Waals surface area (Å²) in [6.07, 6.45) is 7.94. The monoisotopic (exact) mass is 221 g/mol. The molecule has 16 heavy (non-hydrogen) atoms. The van der Waals surface area contributed by atoms with Crippen molar-refractivity contribution < 1.29 is 9.21 Å². The van der Waals surface area contributed by atoms with Gasteiger partial charge in [-0.1, -0.05) is 19.3 Å². The minimum atomic E-state index is -0.0944. The molecule has 0 unspecified atom stereocenters. The Balaban J connectivity index is 1.86. The third kappa shape index (κ3) is 2.65. The molecule has 1 fully saturated rings. The third-order valence-corrected chi connectivity index (χ3v) is 3.46. The number of nitrogens with one attached hydrogen (secondary N) is 1. The average Bonchev–Trinajstić information content (AvgIpc) is 2.83. The second kappa shape index (κ2) is 5.19. The summed E-state index contributed by atoms with van der Waals surface area (Å²) in [7, 11) is 0. The zero-order chi connectivity index (χ0) is 11.4. The van der Waals surface area contributed by atoms with Crippen molar-refractivity contribution in [3.63, 3.8) is 0 Å². The zero-order valence-electron chi connectivity index (χ0n) is 9.74. The molecule has 1 saturated carbocycles. The Labute approximate surface area is 96.2 Å². The Hall–Kier alpha value is -1.25. The highest BCUT2D eigenvalue weighted by molar-refractivity contribution is 5.91. The maximum atomic E-state index is 11.8. The highest BCUT2D eigenvalue weighted by Crippen LogP contribution is 2.26. The van der Waals surface area contributed by atoms with Crippen molar-refractivity contribution in [3.05, 3.63) is 24.2 Å². The van der Waals surface area contributed by atoms with Crippen LogP contribution in [0.25, 0.3) is 0 Å². The standard InChI is InChI=1S/C13H19NO2/c1-10(11-6-3-2-4-7-11)14-13(15)12-8-5-9-16-12/h5,8-11H,2-4,6-7H2,1H3,(H,14,15)/t10-/m0/s1. The molecule has 88 valence electrons. The van der Waals surface area contributed by atoms with Crippen LogP contribution < -0.4 is 5.32 Å². The molecule has 0 bridgehead atoms. The van der Waals surface area contributed by atoms with E-state index in [9.17, 15) is 4.79 Å². The highest BCUT2D eigenvalue weighted by atomic mass is 16.3. The van der Waals surface area contributed by atoms with Crippen LogP contribution in [0.1, 0.15) is 49.6 Å². The van der Waals surface area contributed by atoms with Crippen LogP contribution in [-0.4, -0.2) is 11.9 Å². The lowest BCUT2D eigenvalue weighted by Gasteiger charge is -2.27. The summed E-state index contributed by atoms with van der Waals surface area (Å²) in [5, 5.41) is 3.02. The molecule has 1 aromatic rings. The maximum Gasteiger partial charge on any atom is 0.287 e. The largest absolute Gasteiger partial charge is 0.459 e. The van der Waals surface area contributed by atoms with Crippen LogP contribution in [0.3, 0.4) is 0 Å². The molecule has 1 atom stereocenters. The molecule has 1 amide bonds. The van der Waals surface area contributed by atoms with Crippen LogP contribution in [0.15, 0.2) is 22.8 Å². The fourth-order valence-electron chi connectivity index (χ4n) is 2.44. The fraction of sp³-hybridized carbons (Fsp3) is 0.615. The Morgan fingerprint density at radius 2 is 2.19 bits per heavy atom. The summed E-state index contributed by atoms with van der Waals surface area (Å²) in [4.78, 5) is 11.8. The van der Waals surface area contributed by atoms with Crippen molar-refractivity contribution in [2.75, 3.05) is 0 Å². The first kappa shape index (κ1) is 11.2. The third-order valence-electron chi connectivity index (χ3n) is 3.46. The molecule has 0 saturated heterocycles. The predicted octanol–water partition coefficient (Wildman–Crippen LogP) is 2.98. The molecular weight excluding hydrogens is 202 g/mol. The SMILES string of the molecule is C[C@H](NC(=O)c1ccco1)C1CCCCC1. The molecule has 1 aromatic heterocycles. The quantitative estimate of drug-likeness (QED) is 0.852. The van der Waals surface area contributed by atoms with E-state index in [0.717, 1.165) is 0 Å². The van der Waals surface area contributed by atoms with E-state index in [1.807, 2.05) is 0 Å². The Kier molecular flexibility index (Phi) is 3.65. The van der Waals surface area contributed by atoms with Gasteiger partial charge in [0.05, 0.1) is 6.26 Å².